The van der Waals surface area contributed by atoms with Crippen molar-refractivity contribution in [2.45, 2.75) is 95.5 Å². The van der Waals surface area contributed by atoms with Crippen molar-refractivity contribution in [3.8, 4) is 0 Å². The second-order valence-corrected chi connectivity index (χ2v) is 13.9. The Kier molecular flexibility index (Phi) is 7.64. The average Bonchev–Trinajstić information content (AvgIpc) is 3.22. The van der Waals surface area contributed by atoms with Crippen LogP contribution in [-0.2, 0) is 46.4 Å². The van der Waals surface area contributed by atoms with Gasteiger partial charge in [-0.25, -0.2) is 0 Å². The smallest absolute Gasteiger partial charge is 0.307 e. The first kappa shape index (κ1) is 31.7. The van der Waals surface area contributed by atoms with E-state index in [-0.39, 0.29) is 25.9 Å². The highest BCUT2D eigenvalue weighted by atomic mass is 16.7. The summed E-state index contributed by atoms with van der Waals surface area (Å²) in [5, 5.41) is 24.1. The fourth-order valence-electron chi connectivity index (χ4n) is 10.3. The molecule has 0 radical (unpaired) electrons. The molecule has 8 unspecified atom stereocenters. The summed E-state index contributed by atoms with van der Waals surface area (Å²) < 4.78 is 38.9. The molecule has 2 saturated carbocycles. The number of hydrogen-bond acceptors (Lipinski definition) is 9. The van der Waals surface area contributed by atoms with Crippen molar-refractivity contribution < 1.29 is 43.4 Å². The molecule has 2 aliphatic heterocycles. The number of benzene rings is 2. The quantitative estimate of drug-likeness (QED) is 0.202. The van der Waals surface area contributed by atoms with Gasteiger partial charge in [0.05, 0.1) is 31.2 Å². The Hall–Kier alpha value is -2.89. The van der Waals surface area contributed by atoms with E-state index in [0.717, 1.165) is 11.1 Å². The normalized spacial score (nSPS) is 40.5. The van der Waals surface area contributed by atoms with Gasteiger partial charge < -0.3 is 38.6 Å². The number of rotatable bonds is 11. The van der Waals surface area contributed by atoms with Crippen molar-refractivity contribution >= 4 is 5.97 Å². The van der Waals surface area contributed by atoms with E-state index in [1.165, 1.54) is 0 Å². The Morgan fingerprint density at radius 2 is 1.61 bits per heavy atom. The van der Waals surface area contributed by atoms with Crippen LogP contribution in [0.25, 0.3) is 0 Å². The van der Waals surface area contributed by atoms with Gasteiger partial charge in [-0.05, 0) is 54.9 Å². The van der Waals surface area contributed by atoms with Gasteiger partial charge in [-0.1, -0.05) is 86.7 Å². The molecule has 9 nitrogen and oxygen atoms in total. The van der Waals surface area contributed by atoms with Crippen LogP contribution < -0.4 is 0 Å². The summed E-state index contributed by atoms with van der Waals surface area (Å²) in [6, 6.07) is 19.6. The topological polar surface area (TPSA) is 113 Å². The molecule has 46 heavy (non-hydrogen) atoms. The van der Waals surface area contributed by atoms with Gasteiger partial charge in [-0.15, -0.1) is 0 Å². The molecule has 3 aliphatic carbocycles. The van der Waals surface area contributed by atoms with Crippen LogP contribution in [0.1, 0.15) is 58.1 Å². The fourth-order valence-corrected chi connectivity index (χ4v) is 10.3. The standard InChI is InChI=1S/C37H44O9/c1-23(2)29-25(4)36-35(30(29)39,32(40)46-36)33(5)18-28(38)45-37(36)31(43-21-41-19-26-12-8-6-9-13-26)24(3)16-17-34(33,37)44-22-42-20-27-14-10-7-11-15-27/h6-15,24,30-32,39-40H,1,16-22H2,2-5H3/t24?,30?,31?,32?,33?,34-,35?,36?,37?/m0/s1. The first-order valence-electron chi connectivity index (χ1n) is 16.2. The number of aliphatic hydroxyl groups excluding tert-OH is 2. The average molecular weight is 633 g/mol. The van der Waals surface area contributed by atoms with Crippen molar-refractivity contribution in [2.24, 2.45) is 16.7 Å². The van der Waals surface area contributed by atoms with E-state index >= 15 is 0 Å². The van der Waals surface area contributed by atoms with E-state index in [4.69, 9.17) is 28.4 Å². The molecule has 0 amide bonds. The molecule has 2 aromatic carbocycles. The molecular weight excluding hydrogens is 588 g/mol. The Morgan fingerprint density at radius 1 is 1.00 bits per heavy atom. The number of carbonyl (C=O) groups excluding carboxylic acids is 1. The molecule has 0 aromatic heterocycles. The van der Waals surface area contributed by atoms with Crippen LogP contribution in [0.4, 0.5) is 0 Å². The van der Waals surface area contributed by atoms with Crippen LogP contribution in [0.5, 0.6) is 0 Å². The summed E-state index contributed by atoms with van der Waals surface area (Å²) in [6.45, 7) is 12.4. The maximum Gasteiger partial charge on any atom is 0.307 e. The first-order valence-corrected chi connectivity index (χ1v) is 16.2. The molecule has 2 saturated heterocycles. The highest BCUT2D eigenvalue weighted by molar-refractivity contribution is 5.78. The van der Waals surface area contributed by atoms with E-state index in [2.05, 4.69) is 13.5 Å². The lowest BCUT2D eigenvalue weighted by atomic mass is 9.52. The Bertz CT molecular complexity index is 1540. The van der Waals surface area contributed by atoms with Crippen molar-refractivity contribution in [1.29, 1.82) is 0 Å². The van der Waals surface area contributed by atoms with Crippen molar-refractivity contribution in [3.05, 3.63) is 95.1 Å². The van der Waals surface area contributed by atoms with Gasteiger partial charge in [-0.3, -0.25) is 4.79 Å². The zero-order valence-corrected chi connectivity index (χ0v) is 27.0. The lowest BCUT2D eigenvalue weighted by molar-refractivity contribution is -0.425. The van der Waals surface area contributed by atoms with Gasteiger partial charge in [-0.2, -0.15) is 0 Å². The second kappa shape index (κ2) is 11.1. The van der Waals surface area contributed by atoms with Gasteiger partial charge in [0.2, 0.25) is 5.60 Å². The van der Waals surface area contributed by atoms with Gasteiger partial charge in [0.25, 0.3) is 0 Å². The molecule has 2 N–H and O–H groups in total. The third-order valence-corrected chi connectivity index (χ3v) is 11.9. The van der Waals surface area contributed by atoms with Crippen LogP contribution in [0.3, 0.4) is 0 Å². The van der Waals surface area contributed by atoms with E-state index in [1.807, 2.05) is 81.4 Å². The van der Waals surface area contributed by atoms with Crippen LogP contribution in [0.15, 0.2) is 84.0 Å². The second-order valence-electron chi connectivity index (χ2n) is 13.9. The Morgan fingerprint density at radius 3 is 2.20 bits per heavy atom. The third-order valence-electron chi connectivity index (χ3n) is 11.9. The lowest BCUT2D eigenvalue weighted by Gasteiger charge is -2.64. The highest BCUT2D eigenvalue weighted by Crippen LogP contribution is 2.87. The molecule has 4 fully saturated rings. The number of carbonyl (C=O) groups is 1. The molecule has 0 spiro atoms. The number of esters is 1. The predicted octanol–water partition coefficient (Wildman–Crippen LogP) is 4.95. The maximum atomic E-state index is 13.8. The van der Waals surface area contributed by atoms with Crippen molar-refractivity contribution in [2.75, 3.05) is 13.6 Å². The van der Waals surface area contributed by atoms with Crippen LogP contribution in [-0.4, -0.2) is 65.1 Å². The monoisotopic (exact) mass is 632 g/mol. The summed E-state index contributed by atoms with van der Waals surface area (Å²) in [5.41, 5.74) is -2.89. The van der Waals surface area contributed by atoms with Crippen molar-refractivity contribution in [1.82, 2.24) is 0 Å². The number of aliphatic hydroxyl groups is 2. The lowest BCUT2D eigenvalue weighted by Crippen LogP contribution is -2.82. The van der Waals surface area contributed by atoms with Crippen molar-refractivity contribution in [3.63, 3.8) is 0 Å². The minimum absolute atomic E-state index is 0.0786. The zero-order valence-electron chi connectivity index (χ0n) is 27.0. The summed E-state index contributed by atoms with van der Waals surface area (Å²) in [7, 11) is 0. The third kappa shape index (κ3) is 3.68. The summed E-state index contributed by atoms with van der Waals surface area (Å²) in [6.07, 6.45) is -2.30. The van der Waals surface area contributed by atoms with Crippen LogP contribution >= 0.6 is 0 Å². The first-order chi connectivity index (χ1) is 22.0. The maximum absolute atomic E-state index is 13.8. The van der Waals surface area contributed by atoms with E-state index in [1.54, 1.807) is 0 Å². The Balaban J connectivity index is 1.33. The molecule has 2 bridgehead atoms. The molecule has 9 heteroatoms. The molecule has 2 heterocycles. The van der Waals surface area contributed by atoms with Gasteiger partial charge in [0.15, 0.2) is 11.9 Å². The number of hydrogen-bond donors (Lipinski definition) is 2. The minimum Gasteiger partial charge on any atom is -0.450 e. The molecular formula is C37H44O9. The summed E-state index contributed by atoms with van der Waals surface area (Å²) in [4.78, 5) is 13.8. The molecule has 7 rings (SSSR count). The Labute approximate surface area is 270 Å². The van der Waals surface area contributed by atoms with E-state index < -0.39 is 52.1 Å². The van der Waals surface area contributed by atoms with E-state index in [9.17, 15) is 15.0 Å². The molecule has 9 atom stereocenters. The van der Waals surface area contributed by atoms with E-state index in [0.29, 0.717) is 42.8 Å². The largest absolute Gasteiger partial charge is 0.450 e. The van der Waals surface area contributed by atoms with Crippen LogP contribution in [0, 0.1) is 16.7 Å². The van der Waals surface area contributed by atoms with Gasteiger partial charge in [0, 0.05) is 5.41 Å². The molecule has 2 aromatic rings. The fraction of sp³-hybridized carbons (Fsp3) is 0.541. The number of ether oxygens (including phenoxy) is 6. The summed E-state index contributed by atoms with van der Waals surface area (Å²) in [5.74, 6) is -0.578. The van der Waals surface area contributed by atoms with Crippen LogP contribution in [0.2, 0.25) is 0 Å². The minimum atomic E-state index is -1.59. The zero-order chi connectivity index (χ0) is 32.5. The van der Waals surface area contributed by atoms with Gasteiger partial charge in [0.1, 0.15) is 25.3 Å². The van der Waals surface area contributed by atoms with Gasteiger partial charge >= 0.3 is 5.97 Å². The SMILES string of the molecule is C=C(C)C1=C(C)C23OC(O)C2(C1O)C1(C)CC(=O)OC32C(OCOCc3ccccc3)C(C)CC[C@]12OCOCc1ccccc1. The molecule has 5 aliphatic rings. The predicted molar refractivity (Wildman–Crippen MR) is 167 cm³/mol. The highest BCUT2D eigenvalue weighted by Gasteiger charge is 3.02. The summed E-state index contributed by atoms with van der Waals surface area (Å²) >= 11 is 0. The molecule has 246 valence electrons.